The van der Waals surface area contributed by atoms with Gasteiger partial charge in [0.2, 0.25) is 5.91 Å². The van der Waals surface area contributed by atoms with Gasteiger partial charge in [-0.25, -0.2) is 0 Å². The van der Waals surface area contributed by atoms with Gasteiger partial charge in [-0.1, -0.05) is 17.7 Å². The summed E-state index contributed by atoms with van der Waals surface area (Å²) in [5, 5.41) is 3.47. The van der Waals surface area contributed by atoms with E-state index in [0.29, 0.717) is 24.5 Å². The number of aryl methyl sites for hydroxylation is 1. The Morgan fingerprint density at radius 3 is 2.52 bits per heavy atom. The van der Waals surface area contributed by atoms with Crippen LogP contribution in [-0.4, -0.2) is 19.6 Å². The van der Waals surface area contributed by atoms with Crippen molar-refractivity contribution in [3.8, 4) is 11.5 Å². The molecule has 0 saturated heterocycles. The molecule has 0 unspecified atom stereocenters. The lowest BCUT2D eigenvalue weighted by atomic mass is 10.2. The first kappa shape index (κ1) is 17.2. The van der Waals surface area contributed by atoms with Crippen molar-refractivity contribution in [1.82, 2.24) is 0 Å². The van der Waals surface area contributed by atoms with Gasteiger partial charge >= 0.3 is 0 Å². The number of hydrogen-bond acceptors (Lipinski definition) is 3. The van der Waals surface area contributed by atoms with E-state index in [1.165, 1.54) is 0 Å². The molecule has 2 aromatic rings. The number of carbonyl (C=O) groups excluding carboxylic acids is 1. The molecule has 122 valence electrons. The Labute approximate surface area is 141 Å². The third-order valence-corrected chi connectivity index (χ3v) is 3.59. The van der Waals surface area contributed by atoms with Crippen molar-refractivity contribution >= 4 is 23.2 Å². The van der Waals surface area contributed by atoms with Crippen LogP contribution >= 0.6 is 11.6 Å². The molecule has 0 radical (unpaired) electrons. The Kier molecular flexibility index (Phi) is 6.29. The highest BCUT2D eigenvalue weighted by atomic mass is 35.5. The Hall–Kier alpha value is -2.20. The van der Waals surface area contributed by atoms with Crippen LogP contribution in [0.3, 0.4) is 0 Å². The number of amides is 1. The van der Waals surface area contributed by atoms with E-state index >= 15 is 0 Å². The molecule has 0 aliphatic carbocycles. The zero-order valence-corrected chi connectivity index (χ0v) is 14.0. The maximum Gasteiger partial charge on any atom is 0.224 e. The highest BCUT2D eigenvalue weighted by molar-refractivity contribution is 6.31. The third kappa shape index (κ3) is 5.49. The molecule has 0 fully saturated rings. The van der Waals surface area contributed by atoms with Gasteiger partial charge in [0, 0.05) is 17.1 Å². The second kappa shape index (κ2) is 8.44. The molecular formula is C18H20ClNO3. The van der Waals surface area contributed by atoms with Crippen molar-refractivity contribution in [3.63, 3.8) is 0 Å². The molecule has 0 aromatic heterocycles. The molecule has 0 aliphatic heterocycles. The summed E-state index contributed by atoms with van der Waals surface area (Å²) in [5.74, 6) is 1.50. The average molecular weight is 334 g/mol. The van der Waals surface area contributed by atoms with Crippen LogP contribution in [-0.2, 0) is 4.79 Å². The lowest BCUT2D eigenvalue weighted by molar-refractivity contribution is -0.116. The van der Waals surface area contributed by atoms with E-state index in [2.05, 4.69) is 5.32 Å². The van der Waals surface area contributed by atoms with Crippen molar-refractivity contribution in [1.29, 1.82) is 0 Å². The Morgan fingerprint density at radius 1 is 1.13 bits per heavy atom. The predicted molar refractivity (Wildman–Crippen MR) is 92.5 cm³/mol. The first-order valence-electron chi connectivity index (χ1n) is 7.41. The third-order valence-electron chi connectivity index (χ3n) is 3.35. The van der Waals surface area contributed by atoms with Gasteiger partial charge in [0.25, 0.3) is 0 Å². The minimum Gasteiger partial charge on any atom is -0.497 e. The van der Waals surface area contributed by atoms with E-state index in [4.69, 9.17) is 21.1 Å². The van der Waals surface area contributed by atoms with Crippen LogP contribution in [0.25, 0.3) is 0 Å². The van der Waals surface area contributed by atoms with E-state index in [0.717, 1.165) is 22.7 Å². The van der Waals surface area contributed by atoms with Gasteiger partial charge in [0.05, 0.1) is 13.7 Å². The van der Waals surface area contributed by atoms with Crippen molar-refractivity contribution in [2.24, 2.45) is 0 Å². The van der Waals surface area contributed by atoms with Crippen LogP contribution in [0.1, 0.15) is 18.4 Å². The van der Waals surface area contributed by atoms with Crippen molar-refractivity contribution in [2.75, 3.05) is 19.0 Å². The maximum atomic E-state index is 11.9. The van der Waals surface area contributed by atoms with Crippen LogP contribution < -0.4 is 14.8 Å². The highest BCUT2D eigenvalue weighted by Gasteiger charge is 2.05. The first-order valence-corrected chi connectivity index (χ1v) is 7.79. The normalized spacial score (nSPS) is 10.2. The molecular weight excluding hydrogens is 314 g/mol. The summed E-state index contributed by atoms with van der Waals surface area (Å²) < 4.78 is 10.7. The molecule has 5 heteroatoms. The van der Waals surface area contributed by atoms with Crippen LogP contribution in [0.15, 0.2) is 42.5 Å². The standard InChI is InChI=1S/C18H20ClNO3/c1-13-5-6-14(19)12-17(13)20-18(21)4-3-11-23-16-9-7-15(22-2)8-10-16/h5-10,12H,3-4,11H2,1-2H3,(H,20,21). The van der Waals surface area contributed by atoms with Gasteiger partial charge in [-0.15, -0.1) is 0 Å². The fraction of sp³-hybridized carbons (Fsp3) is 0.278. The SMILES string of the molecule is COc1ccc(OCCCC(=O)Nc2cc(Cl)ccc2C)cc1. The zero-order valence-electron chi connectivity index (χ0n) is 13.3. The summed E-state index contributed by atoms with van der Waals surface area (Å²) in [6.45, 7) is 2.41. The number of nitrogens with one attached hydrogen (secondary N) is 1. The van der Waals surface area contributed by atoms with Gasteiger partial charge in [-0.3, -0.25) is 4.79 Å². The first-order chi connectivity index (χ1) is 11.1. The van der Waals surface area contributed by atoms with E-state index in [1.54, 1.807) is 19.2 Å². The summed E-state index contributed by atoms with van der Waals surface area (Å²) in [6.07, 6.45) is 1.03. The number of rotatable bonds is 7. The fourth-order valence-corrected chi connectivity index (χ4v) is 2.21. The molecule has 0 bridgehead atoms. The van der Waals surface area contributed by atoms with Gasteiger partial charge in [-0.2, -0.15) is 0 Å². The lowest BCUT2D eigenvalue weighted by Gasteiger charge is -2.09. The fourth-order valence-electron chi connectivity index (χ4n) is 2.04. The molecule has 0 atom stereocenters. The van der Waals surface area contributed by atoms with Gasteiger partial charge in [0.1, 0.15) is 11.5 Å². The van der Waals surface area contributed by atoms with Crippen LogP contribution in [0, 0.1) is 6.92 Å². The quantitative estimate of drug-likeness (QED) is 0.761. The van der Waals surface area contributed by atoms with E-state index in [9.17, 15) is 4.79 Å². The zero-order chi connectivity index (χ0) is 16.7. The summed E-state index contributed by atoms with van der Waals surface area (Å²) in [6, 6.07) is 12.8. The predicted octanol–water partition coefficient (Wildman–Crippen LogP) is 4.45. The largest absolute Gasteiger partial charge is 0.497 e. The van der Waals surface area contributed by atoms with Gasteiger partial charge in [-0.05, 0) is 55.3 Å². The average Bonchev–Trinajstić information content (AvgIpc) is 2.55. The number of hydrogen-bond donors (Lipinski definition) is 1. The minimum atomic E-state index is -0.0475. The second-order valence-corrected chi connectivity index (χ2v) is 5.57. The monoisotopic (exact) mass is 333 g/mol. The van der Waals surface area contributed by atoms with Crippen molar-refractivity contribution in [2.45, 2.75) is 19.8 Å². The van der Waals surface area contributed by atoms with Gasteiger partial charge in [0.15, 0.2) is 0 Å². The summed E-state index contributed by atoms with van der Waals surface area (Å²) >= 11 is 5.94. The minimum absolute atomic E-state index is 0.0475. The molecule has 4 nitrogen and oxygen atoms in total. The number of halogens is 1. The lowest BCUT2D eigenvalue weighted by Crippen LogP contribution is -2.13. The van der Waals surface area contributed by atoms with Crippen LogP contribution in [0.4, 0.5) is 5.69 Å². The summed E-state index contributed by atoms with van der Waals surface area (Å²) in [5.41, 5.74) is 1.73. The topological polar surface area (TPSA) is 47.6 Å². The number of carbonyl (C=O) groups is 1. The molecule has 0 heterocycles. The number of benzene rings is 2. The summed E-state index contributed by atoms with van der Waals surface area (Å²) in [4.78, 5) is 11.9. The number of ether oxygens (including phenoxy) is 2. The number of anilines is 1. The van der Waals surface area contributed by atoms with Crippen LogP contribution in [0.5, 0.6) is 11.5 Å². The molecule has 1 N–H and O–H groups in total. The maximum absolute atomic E-state index is 11.9. The Balaban J connectivity index is 1.73. The Bertz CT molecular complexity index is 656. The van der Waals surface area contributed by atoms with E-state index in [-0.39, 0.29) is 5.91 Å². The molecule has 2 aromatic carbocycles. The van der Waals surface area contributed by atoms with Crippen LogP contribution in [0.2, 0.25) is 5.02 Å². The van der Waals surface area contributed by atoms with Gasteiger partial charge < -0.3 is 14.8 Å². The smallest absolute Gasteiger partial charge is 0.224 e. The molecule has 0 aliphatic rings. The molecule has 2 rings (SSSR count). The summed E-state index contributed by atoms with van der Waals surface area (Å²) in [7, 11) is 1.62. The highest BCUT2D eigenvalue weighted by Crippen LogP contribution is 2.20. The number of methoxy groups -OCH3 is 1. The second-order valence-electron chi connectivity index (χ2n) is 5.13. The molecule has 0 spiro atoms. The van der Waals surface area contributed by atoms with E-state index < -0.39 is 0 Å². The van der Waals surface area contributed by atoms with Crippen molar-refractivity contribution < 1.29 is 14.3 Å². The van der Waals surface area contributed by atoms with E-state index in [1.807, 2.05) is 37.3 Å². The Morgan fingerprint density at radius 2 is 1.83 bits per heavy atom. The molecule has 1 amide bonds. The molecule has 23 heavy (non-hydrogen) atoms. The van der Waals surface area contributed by atoms with Crippen molar-refractivity contribution in [3.05, 3.63) is 53.1 Å². The molecule has 0 saturated carbocycles.